The van der Waals surface area contributed by atoms with Gasteiger partial charge in [-0.15, -0.1) is 0 Å². The molecule has 5 nitrogen and oxygen atoms in total. The number of hydrogen-bond acceptors (Lipinski definition) is 5. The van der Waals surface area contributed by atoms with Crippen LogP contribution in [-0.4, -0.2) is 48.2 Å². The van der Waals surface area contributed by atoms with Gasteiger partial charge in [0.25, 0.3) is 0 Å². The summed E-state index contributed by atoms with van der Waals surface area (Å²) in [6.07, 6.45) is 1.97. The number of ether oxygens (including phenoxy) is 1. The highest BCUT2D eigenvalue weighted by Crippen LogP contribution is 2.28. The molecule has 6 heteroatoms. The van der Waals surface area contributed by atoms with E-state index >= 15 is 0 Å². The van der Waals surface area contributed by atoms with Crippen molar-refractivity contribution >= 4 is 21.7 Å². The van der Waals surface area contributed by atoms with Crippen LogP contribution in [0.4, 0.5) is 5.82 Å². The molecule has 0 aromatic carbocycles. The van der Waals surface area contributed by atoms with Gasteiger partial charge in [0.15, 0.2) is 5.82 Å². The average molecular weight is 343 g/mol. The van der Waals surface area contributed by atoms with Crippen molar-refractivity contribution in [2.45, 2.75) is 32.8 Å². The fourth-order valence-electron chi connectivity index (χ4n) is 2.28. The van der Waals surface area contributed by atoms with Crippen LogP contribution in [-0.2, 0) is 11.2 Å². The maximum atomic E-state index is 5.83. The molecule has 1 aliphatic heterocycles. The van der Waals surface area contributed by atoms with Gasteiger partial charge in [-0.3, -0.25) is 0 Å². The normalized spacial score (nSPS) is 20.1. The van der Waals surface area contributed by atoms with Crippen molar-refractivity contribution in [2.75, 3.05) is 38.6 Å². The first-order valence-corrected chi connectivity index (χ1v) is 8.05. The molecule has 1 unspecified atom stereocenters. The van der Waals surface area contributed by atoms with Crippen LogP contribution in [0.2, 0.25) is 0 Å². The minimum Gasteiger partial charge on any atom is -0.369 e. The van der Waals surface area contributed by atoms with Crippen LogP contribution in [0.5, 0.6) is 0 Å². The third-order valence-corrected chi connectivity index (χ3v) is 4.16. The predicted octanol–water partition coefficient (Wildman–Crippen LogP) is 2.63. The summed E-state index contributed by atoms with van der Waals surface area (Å²) in [4.78, 5) is 11.6. The molecule has 1 aliphatic rings. The first-order chi connectivity index (χ1) is 9.65. The van der Waals surface area contributed by atoms with Gasteiger partial charge in [0, 0.05) is 19.6 Å². The summed E-state index contributed by atoms with van der Waals surface area (Å²) in [5.41, 5.74) is 1.06. The Hall–Kier alpha value is -0.720. The number of morpholine rings is 1. The Kier molecular flexibility index (Phi) is 5.74. The van der Waals surface area contributed by atoms with Gasteiger partial charge < -0.3 is 15.0 Å². The lowest BCUT2D eigenvalue weighted by molar-refractivity contribution is -0.0255. The Morgan fingerprint density at radius 3 is 2.85 bits per heavy atom. The molecular weight excluding hydrogens is 320 g/mol. The smallest absolute Gasteiger partial charge is 0.161 e. The minimum atomic E-state index is -0.0325. The van der Waals surface area contributed by atoms with Crippen LogP contribution in [0.1, 0.15) is 37.9 Å². The zero-order valence-corrected chi connectivity index (χ0v) is 14.0. The Morgan fingerprint density at radius 1 is 1.40 bits per heavy atom. The minimum absolute atomic E-state index is 0.0325. The number of aromatic nitrogens is 2. The lowest BCUT2D eigenvalue weighted by Gasteiger charge is -2.29. The second kappa shape index (κ2) is 7.33. The molecule has 1 aromatic rings. The number of anilines is 1. The molecule has 0 radical (unpaired) electrons. The largest absolute Gasteiger partial charge is 0.369 e. The molecule has 2 rings (SSSR count). The Morgan fingerprint density at radius 2 is 2.20 bits per heavy atom. The number of aryl methyl sites for hydroxylation is 1. The molecular formula is C14H23BrN4O. The third kappa shape index (κ3) is 3.68. The molecule has 0 spiro atoms. The van der Waals surface area contributed by atoms with Crippen molar-refractivity contribution in [3.05, 3.63) is 16.0 Å². The van der Waals surface area contributed by atoms with E-state index in [1.54, 1.807) is 0 Å². The molecule has 0 amide bonds. The molecule has 1 aromatic heterocycles. The summed E-state index contributed by atoms with van der Waals surface area (Å²) in [5, 5.41) is 3.30. The summed E-state index contributed by atoms with van der Waals surface area (Å²) in [6, 6.07) is 0. The van der Waals surface area contributed by atoms with Crippen molar-refractivity contribution in [3.8, 4) is 0 Å². The highest BCUT2D eigenvalue weighted by molar-refractivity contribution is 9.10. The van der Waals surface area contributed by atoms with E-state index < -0.39 is 0 Å². The topological polar surface area (TPSA) is 50.3 Å². The van der Waals surface area contributed by atoms with Crippen molar-refractivity contribution < 1.29 is 4.74 Å². The molecule has 1 N–H and O–H groups in total. The lowest BCUT2D eigenvalue weighted by atomic mass is 10.2. The van der Waals surface area contributed by atoms with E-state index in [9.17, 15) is 0 Å². The van der Waals surface area contributed by atoms with E-state index in [2.05, 4.69) is 52.0 Å². The standard InChI is InChI=1S/C14H23BrN4O/c1-4-6-10-12(15)14(16-5-2)18-13(17-10)11-9-19(3)7-8-20-11/h11H,4-9H2,1-3H3,(H,16,17,18). The number of rotatable bonds is 5. The number of nitrogens with zero attached hydrogens (tertiary/aromatic N) is 3. The second-order valence-electron chi connectivity index (χ2n) is 5.09. The van der Waals surface area contributed by atoms with Crippen LogP contribution in [0.3, 0.4) is 0 Å². The fraction of sp³-hybridized carbons (Fsp3) is 0.714. The SMILES string of the molecule is CCCc1nc(C2CN(C)CCO2)nc(NCC)c1Br. The van der Waals surface area contributed by atoms with Crippen molar-refractivity contribution in [2.24, 2.45) is 0 Å². The van der Waals surface area contributed by atoms with Gasteiger partial charge in [-0.05, 0) is 36.3 Å². The van der Waals surface area contributed by atoms with Gasteiger partial charge in [0.1, 0.15) is 11.9 Å². The number of halogens is 1. The first-order valence-electron chi connectivity index (χ1n) is 7.26. The van der Waals surface area contributed by atoms with E-state index in [1.807, 2.05) is 0 Å². The highest BCUT2D eigenvalue weighted by atomic mass is 79.9. The number of likely N-dealkylation sites (N-methyl/N-ethyl adjacent to an activating group) is 1. The Balaban J connectivity index is 2.31. The summed E-state index contributed by atoms with van der Waals surface area (Å²) in [7, 11) is 2.10. The molecule has 2 heterocycles. The second-order valence-corrected chi connectivity index (χ2v) is 5.89. The monoisotopic (exact) mass is 342 g/mol. The van der Waals surface area contributed by atoms with Gasteiger partial charge in [-0.2, -0.15) is 0 Å². The Bertz CT molecular complexity index is 428. The van der Waals surface area contributed by atoms with Crippen molar-refractivity contribution in [1.29, 1.82) is 0 Å². The van der Waals surface area contributed by atoms with E-state index in [1.165, 1.54) is 0 Å². The van der Waals surface area contributed by atoms with Gasteiger partial charge in [0.2, 0.25) is 0 Å². The molecule has 112 valence electrons. The Labute approximate surface area is 129 Å². The average Bonchev–Trinajstić information content (AvgIpc) is 2.43. The maximum Gasteiger partial charge on any atom is 0.161 e. The maximum absolute atomic E-state index is 5.83. The number of hydrogen-bond donors (Lipinski definition) is 1. The molecule has 0 bridgehead atoms. The summed E-state index contributed by atoms with van der Waals surface area (Å²) in [6.45, 7) is 7.62. The van der Waals surface area contributed by atoms with Crippen LogP contribution in [0.25, 0.3) is 0 Å². The van der Waals surface area contributed by atoms with Crippen LogP contribution >= 0.6 is 15.9 Å². The van der Waals surface area contributed by atoms with E-state index in [0.717, 1.165) is 60.9 Å². The lowest BCUT2D eigenvalue weighted by Crippen LogP contribution is -2.36. The number of nitrogens with one attached hydrogen (secondary N) is 1. The van der Waals surface area contributed by atoms with E-state index in [0.29, 0.717) is 0 Å². The van der Waals surface area contributed by atoms with Crippen LogP contribution in [0, 0.1) is 0 Å². The zero-order chi connectivity index (χ0) is 14.5. The zero-order valence-electron chi connectivity index (χ0n) is 12.4. The first kappa shape index (κ1) is 15.7. The molecule has 0 saturated carbocycles. The molecule has 0 aliphatic carbocycles. The molecule has 1 saturated heterocycles. The van der Waals surface area contributed by atoms with E-state index in [-0.39, 0.29) is 6.10 Å². The molecule has 1 fully saturated rings. The van der Waals surface area contributed by atoms with Crippen LogP contribution in [0.15, 0.2) is 4.47 Å². The summed E-state index contributed by atoms with van der Waals surface area (Å²) in [5.74, 6) is 1.66. The highest BCUT2D eigenvalue weighted by Gasteiger charge is 2.24. The quantitative estimate of drug-likeness (QED) is 0.891. The van der Waals surface area contributed by atoms with Crippen molar-refractivity contribution in [3.63, 3.8) is 0 Å². The van der Waals surface area contributed by atoms with Gasteiger partial charge in [0.05, 0.1) is 16.8 Å². The molecule has 1 atom stereocenters. The third-order valence-electron chi connectivity index (χ3n) is 3.33. The molecule has 20 heavy (non-hydrogen) atoms. The van der Waals surface area contributed by atoms with E-state index in [4.69, 9.17) is 9.72 Å². The fourth-order valence-corrected chi connectivity index (χ4v) is 2.79. The van der Waals surface area contributed by atoms with Crippen molar-refractivity contribution in [1.82, 2.24) is 14.9 Å². The summed E-state index contributed by atoms with van der Waals surface area (Å²) >= 11 is 3.61. The van der Waals surface area contributed by atoms with Gasteiger partial charge >= 0.3 is 0 Å². The predicted molar refractivity (Wildman–Crippen MR) is 84.1 cm³/mol. The van der Waals surface area contributed by atoms with Crippen LogP contribution < -0.4 is 5.32 Å². The van der Waals surface area contributed by atoms with Gasteiger partial charge in [-0.1, -0.05) is 13.3 Å². The van der Waals surface area contributed by atoms with Gasteiger partial charge in [-0.25, -0.2) is 9.97 Å². The summed E-state index contributed by atoms with van der Waals surface area (Å²) < 4.78 is 6.81.